The SMILES string of the molecule is CCc1cc2nc(Cc3cnc4cc(C)ccc4c3)[nH]c(=O)c2cc1OC. The Bertz CT molecular complexity index is 1210. The normalized spacial score (nSPS) is 11.2. The Morgan fingerprint density at radius 3 is 2.74 bits per heavy atom. The Morgan fingerprint density at radius 2 is 1.96 bits per heavy atom. The molecule has 4 rings (SSSR count). The maximum Gasteiger partial charge on any atom is 0.258 e. The van der Waals surface area contributed by atoms with Gasteiger partial charge >= 0.3 is 0 Å². The molecule has 1 N–H and O–H groups in total. The van der Waals surface area contributed by atoms with Crippen molar-refractivity contribution in [3.8, 4) is 5.75 Å². The van der Waals surface area contributed by atoms with Crippen molar-refractivity contribution in [3.05, 3.63) is 75.5 Å². The zero-order valence-corrected chi connectivity index (χ0v) is 15.7. The molecule has 4 aromatic rings. The third-order valence-corrected chi connectivity index (χ3v) is 4.81. The van der Waals surface area contributed by atoms with Crippen LogP contribution < -0.4 is 10.3 Å². The fourth-order valence-electron chi connectivity index (χ4n) is 3.37. The number of hydrogen-bond donors (Lipinski definition) is 1. The number of benzene rings is 2. The number of methoxy groups -OCH3 is 1. The van der Waals surface area contributed by atoms with Crippen LogP contribution in [0.4, 0.5) is 0 Å². The molecule has 2 heterocycles. The third-order valence-electron chi connectivity index (χ3n) is 4.81. The van der Waals surface area contributed by atoms with Crippen LogP contribution in [-0.4, -0.2) is 22.1 Å². The Morgan fingerprint density at radius 1 is 1.11 bits per heavy atom. The molecule has 136 valence electrons. The number of nitrogens with one attached hydrogen (secondary N) is 1. The van der Waals surface area contributed by atoms with Crippen LogP contribution in [0, 0.1) is 6.92 Å². The van der Waals surface area contributed by atoms with Crippen LogP contribution in [0.1, 0.15) is 29.4 Å². The molecule has 0 saturated heterocycles. The van der Waals surface area contributed by atoms with Crippen molar-refractivity contribution >= 4 is 21.8 Å². The molecule has 5 nitrogen and oxygen atoms in total. The summed E-state index contributed by atoms with van der Waals surface area (Å²) in [6.45, 7) is 4.11. The van der Waals surface area contributed by atoms with Crippen molar-refractivity contribution in [2.24, 2.45) is 0 Å². The van der Waals surface area contributed by atoms with Gasteiger partial charge in [-0.1, -0.05) is 19.1 Å². The maximum atomic E-state index is 12.5. The maximum absolute atomic E-state index is 12.5. The minimum absolute atomic E-state index is 0.152. The van der Waals surface area contributed by atoms with Crippen molar-refractivity contribution in [1.29, 1.82) is 0 Å². The Hall–Kier alpha value is -3.21. The van der Waals surface area contributed by atoms with Crippen LogP contribution in [-0.2, 0) is 12.8 Å². The van der Waals surface area contributed by atoms with E-state index < -0.39 is 0 Å². The highest BCUT2D eigenvalue weighted by Crippen LogP contribution is 2.24. The topological polar surface area (TPSA) is 67.9 Å². The third kappa shape index (κ3) is 3.28. The summed E-state index contributed by atoms with van der Waals surface area (Å²) in [4.78, 5) is 24.6. The second-order valence-corrected chi connectivity index (χ2v) is 6.76. The summed E-state index contributed by atoms with van der Waals surface area (Å²) in [6.07, 6.45) is 3.18. The van der Waals surface area contributed by atoms with Crippen LogP contribution in [0.3, 0.4) is 0 Å². The van der Waals surface area contributed by atoms with E-state index in [4.69, 9.17) is 4.74 Å². The van der Waals surface area contributed by atoms with Crippen molar-refractivity contribution in [2.75, 3.05) is 7.11 Å². The Kier molecular flexibility index (Phi) is 4.36. The van der Waals surface area contributed by atoms with Gasteiger partial charge in [-0.25, -0.2) is 4.98 Å². The Labute approximate surface area is 157 Å². The van der Waals surface area contributed by atoms with Crippen LogP contribution in [0.25, 0.3) is 21.8 Å². The minimum atomic E-state index is -0.152. The number of hydrogen-bond acceptors (Lipinski definition) is 4. The molecule has 5 heteroatoms. The lowest BCUT2D eigenvalue weighted by atomic mass is 10.1. The van der Waals surface area contributed by atoms with E-state index in [-0.39, 0.29) is 5.56 Å². The van der Waals surface area contributed by atoms with Crippen molar-refractivity contribution in [2.45, 2.75) is 26.7 Å². The van der Waals surface area contributed by atoms with E-state index in [0.717, 1.165) is 34.2 Å². The summed E-state index contributed by atoms with van der Waals surface area (Å²) in [5.74, 6) is 1.35. The zero-order chi connectivity index (χ0) is 19.0. The number of pyridine rings is 1. The molecule has 0 aliphatic heterocycles. The van der Waals surface area contributed by atoms with Gasteiger partial charge in [0, 0.05) is 18.0 Å². The molecule has 0 atom stereocenters. The quantitative estimate of drug-likeness (QED) is 0.599. The van der Waals surface area contributed by atoms with Gasteiger partial charge < -0.3 is 9.72 Å². The standard InChI is InChI=1S/C22H21N3O2/c1-4-15-10-19-17(11-20(15)27-3)22(26)25-21(24-19)9-14-8-16-6-5-13(2)7-18(16)23-12-14/h5-8,10-12H,4,9H2,1-3H3,(H,24,25,26). The highest BCUT2D eigenvalue weighted by molar-refractivity contribution is 5.81. The summed E-state index contributed by atoms with van der Waals surface area (Å²) in [5, 5.41) is 1.62. The van der Waals surface area contributed by atoms with Gasteiger partial charge in [-0.3, -0.25) is 9.78 Å². The average Bonchev–Trinajstić information content (AvgIpc) is 2.67. The Balaban J connectivity index is 1.75. The van der Waals surface area contributed by atoms with Crippen molar-refractivity contribution in [1.82, 2.24) is 15.0 Å². The van der Waals surface area contributed by atoms with E-state index in [9.17, 15) is 4.79 Å². The van der Waals surface area contributed by atoms with Gasteiger partial charge in [0.25, 0.3) is 5.56 Å². The van der Waals surface area contributed by atoms with E-state index >= 15 is 0 Å². The number of nitrogens with zero attached hydrogens (tertiary/aromatic N) is 2. The number of rotatable bonds is 4. The molecule has 2 aromatic carbocycles. The van der Waals surface area contributed by atoms with E-state index in [1.54, 1.807) is 13.2 Å². The molecule has 0 spiro atoms. The summed E-state index contributed by atoms with van der Waals surface area (Å²) < 4.78 is 5.39. The lowest BCUT2D eigenvalue weighted by Crippen LogP contribution is -2.13. The van der Waals surface area contributed by atoms with E-state index in [0.29, 0.717) is 23.1 Å². The number of aromatic nitrogens is 3. The van der Waals surface area contributed by atoms with Gasteiger partial charge in [-0.2, -0.15) is 0 Å². The second-order valence-electron chi connectivity index (χ2n) is 6.76. The largest absolute Gasteiger partial charge is 0.496 e. The number of ether oxygens (including phenoxy) is 1. The van der Waals surface area contributed by atoms with Crippen LogP contribution >= 0.6 is 0 Å². The molecule has 0 unspecified atom stereocenters. The molecule has 27 heavy (non-hydrogen) atoms. The summed E-state index contributed by atoms with van der Waals surface area (Å²) >= 11 is 0. The first-order valence-corrected chi connectivity index (χ1v) is 9.02. The molecule has 0 aliphatic rings. The van der Waals surface area contributed by atoms with Crippen LogP contribution in [0.2, 0.25) is 0 Å². The fourth-order valence-corrected chi connectivity index (χ4v) is 3.37. The summed E-state index contributed by atoms with van der Waals surface area (Å²) in [7, 11) is 1.62. The first kappa shape index (κ1) is 17.2. The molecular weight excluding hydrogens is 338 g/mol. The van der Waals surface area contributed by atoms with E-state index in [2.05, 4.69) is 53.1 Å². The molecule has 0 amide bonds. The number of aryl methyl sites for hydroxylation is 2. The van der Waals surface area contributed by atoms with Crippen LogP contribution in [0.5, 0.6) is 5.75 Å². The molecule has 2 aromatic heterocycles. The molecular formula is C22H21N3O2. The van der Waals surface area contributed by atoms with Crippen LogP contribution in [0.15, 0.2) is 47.4 Å². The highest BCUT2D eigenvalue weighted by Gasteiger charge is 2.10. The fraction of sp³-hybridized carbons (Fsp3) is 0.227. The molecule has 0 bridgehead atoms. The van der Waals surface area contributed by atoms with Crippen molar-refractivity contribution in [3.63, 3.8) is 0 Å². The van der Waals surface area contributed by atoms with Gasteiger partial charge in [0.1, 0.15) is 11.6 Å². The van der Waals surface area contributed by atoms with Crippen molar-refractivity contribution < 1.29 is 4.74 Å². The predicted molar refractivity (Wildman–Crippen MR) is 108 cm³/mol. The van der Waals surface area contributed by atoms with Gasteiger partial charge in [-0.15, -0.1) is 0 Å². The highest BCUT2D eigenvalue weighted by atomic mass is 16.5. The minimum Gasteiger partial charge on any atom is -0.496 e. The molecule has 0 aliphatic carbocycles. The first-order valence-electron chi connectivity index (χ1n) is 9.02. The lowest BCUT2D eigenvalue weighted by molar-refractivity contribution is 0.411. The summed E-state index contributed by atoms with van der Waals surface area (Å²) in [6, 6.07) is 12.0. The van der Waals surface area contributed by atoms with E-state index in [1.807, 2.05) is 12.3 Å². The van der Waals surface area contributed by atoms with Gasteiger partial charge in [0.05, 0.1) is 23.5 Å². The lowest BCUT2D eigenvalue weighted by Gasteiger charge is -2.09. The van der Waals surface area contributed by atoms with Gasteiger partial charge in [-0.05, 0) is 54.3 Å². The van der Waals surface area contributed by atoms with Gasteiger partial charge in [0.2, 0.25) is 0 Å². The van der Waals surface area contributed by atoms with E-state index in [1.165, 1.54) is 5.56 Å². The summed E-state index contributed by atoms with van der Waals surface area (Å²) in [5.41, 5.74) is 4.75. The second kappa shape index (κ2) is 6.83. The number of H-pyrrole nitrogens is 1. The zero-order valence-electron chi connectivity index (χ0n) is 15.7. The van der Waals surface area contributed by atoms with Gasteiger partial charge in [0.15, 0.2) is 0 Å². The molecule has 0 fully saturated rings. The first-order chi connectivity index (χ1) is 13.1. The monoisotopic (exact) mass is 359 g/mol. The number of fused-ring (bicyclic) bond motifs is 2. The molecule has 0 saturated carbocycles. The average molecular weight is 359 g/mol. The number of aromatic amines is 1. The predicted octanol–water partition coefficient (Wildman–Crippen LogP) is 3.94. The smallest absolute Gasteiger partial charge is 0.258 e. The molecule has 0 radical (unpaired) electrons.